The summed E-state index contributed by atoms with van der Waals surface area (Å²) in [4.78, 5) is 13.8. The number of rotatable bonds is 5. The van der Waals surface area contributed by atoms with Crippen molar-refractivity contribution in [1.29, 1.82) is 5.26 Å². The zero-order valence-electron chi connectivity index (χ0n) is 13.2. The summed E-state index contributed by atoms with van der Waals surface area (Å²) in [5, 5.41) is 22.4. The van der Waals surface area contributed by atoms with Gasteiger partial charge in [-0.05, 0) is 40.6 Å². The average Bonchev–Trinajstić information content (AvgIpc) is 2.56. The van der Waals surface area contributed by atoms with Crippen molar-refractivity contribution in [3.63, 3.8) is 0 Å². The first-order valence-corrected chi connectivity index (χ1v) is 7.27. The summed E-state index contributed by atoms with van der Waals surface area (Å²) in [5.41, 5.74) is 1.91. The Bertz CT molecular complexity index is 788. The summed E-state index contributed by atoms with van der Waals surface area (Å²) in [6.07, 6.45) is 1.55. The molecule has 5 heteroatoms. The predicted molar refractivity (Wildman–Crippen MR) is 92.0 cm³/mol. The van der Waals surface area contributed by atoms with E-state index in [-0.39, 0.29) is 18.7 Å². The highest BCUT2D eigenvalue weighted by Gasteiger charge is 2.08. The number of benzene rings is 2. The highest BCUT2D eigenvalue weighted by atomic mass is 16.3. The molecule has 0 fully saturated rings. The second-order valence-electron chi connectivity index (χ2n) is 5.33. The standard InChI is InChI=1S/C18H19N3O2/c1-21(2)17-6-5-14-9-13(3-4-15(14)11-17)10-16(12-19)18(23)20-7-8-22/h3-6,9-11,22H,7-8H2,1-2H3,(H,20,23)/b16-10+. The molecule has 0 spiro atoms. The lowest BCUT2D eigenvalue weighted by atomic mass is 10.0. The van der Waals surface area contributed by atoms with E-state index in [0.29, 0.717) is 0 Å². The minimum Gasteiger partial charge on any atom is -0.395 e. The van der Waals surface area contributed by atoms with Crippen molar-refractivity contribution in [3.8, 4) is 6.07 Å². The monoisotopic (exact) mass is 309 g/mol. The predicted octanol–water partition coefficient (Wildman–Crippen LogP) is 1.92. The molecular formula is C18H19N3O2. The van der Waals surface area contributed by atoms with Crippen LogP contribution in [-0.2, 0) is 4.79 Å². The van der Waals surface area contributed by atoms with Crippen molar-refractivity contribution in [2.24, 2.45) is 0 Å². The van der Waals surface area contributed by atoms with Gasteiger partial charge in [-0.3, -0.25) is 4.79 Å². The molecule has 0 unspecified atom stereocenters. The van der Waals surface area contributed by atoms with Crippen molar-refractivity contribution in [1.82, 2.24) is 5.32 Å². The second kappa shape index (κ2) is 7.43. The van der Waals surface area contributed by atoms with Gasteiger partial charge < -0.3 is 15.3 Å². The lowest BCUT2D eigenvalue weighted by Gasteiger charge is -2.13. The largest absolute Gasteiger partial charge is 0.395 e. The third kappa shape index (κ3) is 4.09. The van der Waals surface area contributed by atoms with Crippen molar-refractivity contribution in [3.05, 3.63) is 47.5 Å². The van der Waals surface area contributed by atoms with Crippen LogP contribution in [-0.4, -0.2) is 38.3 Å². The normalized spacial score (nSPS) is 11.1. The number of anilines is 1. The molecule has 0 heterocycles. The zero-order chi connectivity index (χ0) is 16.8. The van der Waals surface area contributed by atoms with Crippen LogP contribution in [0, 0.1) is 11.3 Å². The smallest absolute Gasteiger partial charge is 0.262 e. The summed E-state index contributed by atoms with van der Waals surface area (Å²) in [5.74, 6) is -0.482. The van der Waals surface area contributed by atoms with Gasteiger partial charge in [0.15, 0.2) is 0 Å². The van der Waals surface area contributed by atoms with Gasteiger partial charge in [0.05, 0.1) is 6.61 Å². The first-order chi connectivity index (χ1) is 11.0. The minimum atomic E-state index is -0.482. The molecule has 0 atom stereocenters. The fourth-order valence-electron chi connectivity index (χ4n) is 2.20. The number of nitrogens with zero attached hydrogens (tertiary/aromatic N) is 2. The Kier molecular flexibility index (Phi) is 5.34. The molecule has 118 valence electrons. The molecule has 1 amide bonds. The number of aliphatic hydroxyl groups is 1. The molecule has 0 bridgehead atoms. The number of fused-ring (bicyclic) bond motifs is 1. The van der Waals surface area contributed by atoms with Gasteiger partial charge in [-0.15, -0.1) is 0 Å². The molecule has 2 rings (SSSR count). The fourth-order valence-corrected chi connectivity index (χ4v) is 2.20. The Labute approximate surface area is 135 Å². The molecule has 0 aliphatic carbocycles. The molecule has 0 aliphatic heterocycles. The van der Waals surface area contributed by atoms with E-state index in [9.17, 15) is 4.79 Å². The number of hydrogen-bond acceptors (Lipinski definition) is 4. The summed E-state index contributed by atoms with van der Waals surface area (Å²) < 4.78 is 0. The van der Waals surface area contributed by atoms with Crippen molar-refractivity contribution in [2.45, 2.75) is 0 Å². The Balaban J connectivity index is 2.33. The third-order valence-corrected chi connectivity index (χ3v) is 3.44. The second-order valence-corrected chi connectivity index (χ2v) is 5.33. The van der Waals surface area contributed by atoms with Crippen LogP contribution in [0.4, 0.5) is 5.69 Å². The van der Waals surface area contributed by atoms with Gasteiger partial charge in [0.25, 0.3) is 5.91 Å². The number of nitriles is 1. The molecule has 0 aromatic heterocycles. The van der Waals surface area contributed by atoms with Crippen molar-refractivity contribution >= 4 is 28.4 Å². The molecule has 0 aliphatic rings. The number of hydrogen-bond donors (Lipinski definition) is 2. The van der Waals surface area contributed by atoms with E-state index in [4.69, 9.17) is 10.4 Å². The van der Waals surface area contributed by atoms with Crippen LogP contribution in [0.2, 0.25) is 0 Å². The van der Waals surface area contributed by atoms with E-state index < -0.39 is 5.91 Å². The van der Waals surface area contributed by atoms with Gasteiger partial charge in [-0.25, -0.2) is 0 Å². The molecule has 0 radical (unpaired) electrons. The van der Waals surface area contributed by atoms with E-state index in [0.717, 1.165) is 22.0 Å². The van der Waals surface area contributed by atoms with Crippen LogP contribution >= 0.6 is 0 Å². The number of amides is 1. The van der Waals surface area contributed by atoms with Gasteiger partial charge in [-0.2, -0.15) is 5.26 Å². The van der Waals surface area contributed by atoms with Crippen molar-refractivity contribution in [2.75, 3.05) is 32.1 Å². The van der Waals surface area contributed by atoms with Crippen LogP contribution in [0.5, 0.6) is 0 Å². The average molecular weight is 309 g/mol. The summed E-state index contributed by atoms with van der Waals surface area (Å²) >= 11 is 0. The van der Waals surface area contributed by atoms with E-state index in [1.165, 1.54) is 0 Å². The molecule has 0 saturated carbocycles. The molecule has 2 aromatic carbocycles. The maximum absolute atomic E-state index is 11.8. The van der Waals surface area contributed by atoms with Gasteiger partial charge in [0, 0.05) is 26.3 Å². The van der Waals surface area contributed by atoms with E-state index >= 15 is 0 Å². The first-order valence-electron chi connectivity index (χ1n) is 7.27. The number of aliphatic hydroxyl groups excluding tert-OH is 1. The maximum atomic E-state index is 11.8. The fraction of sp³-hybridized carbons (Fsp3) is 0.222. The quantitative estimate of drug-likeness (QED) is 0.653. The number of nitrogens with one attached hydrogen (secondary N) is 1. The molecule has 0 saturated heterocycles. The number of carbonyl (C=O) groups excluding carboxylic acids is 1. The van der Waals surface area contributed by atoms with Gasteiger partial charge in [0.1, 0.15) is 11.6 Å². The lowest BCUT2D eigenvalue weighted by Crippen LogP contribution is -2.27. The summed E-state index contributed by atoms with van der Waals surface area (Å²) in [6.45, 7) is -0.0302. The van der Waals surface area contributed by atoms with Crippen LogP contribution in [0.3, 0.4) is 0 Å². The molecular weight excluding hydrogens is 290 g/mol. The van der Waals surface area contributed by atoms with E-state index in [1.807, 2.05) is 55.4 Å². The Hall–Kier alpha value is -2.84. The van der Waals surface area contributed by atoms with Crippen molar-refractivity contribution < 1.29 is 9.90 Å². The third-order valence-electron chi connectivity index (χ3n) is 3.44. The summed E-state index contributed by atoms with van der Waals surface area (Å²) in [6, 6.07) is 13.8. The van der Waals surface area contributed by atoms with E-state index in [2.05, 4.69) is 11.4 Å². The Morgan fingerprint density at radius 2 is 1.96 bits per heavy atom. The SMILES string of the molecule is CN(C)c1ccc2cc(/C=C(\C#N)C(=O)NCCO)ccc2c1. The molecule has 5 nitrogen and oxygen atoms in total. The van der Waals surface area contributed by atoms with Gasteiger partial charge in [0.2, 0.25) is 0 Å². The molecule has 2 N–H and O–H groups in total. The minimum absolute atomic E-state index is 0.0164. The first kappa shape index (κ1) is 16.5. The highest BCUT2D eigenvalue weighted by molar-refractivity contribution is 6.02. The number of carbonyl (C=O) groups is 1. The lowest BCUT2D eigenvalue weighted by molar-refractivity contribution is -0.117. The van der Waals surface area contributed by atoms with Gasteiger partial charge in [-0.1, -0.05) is 18.2 Å². The van der Waals surface area contributed by atoms with Gasteiger partial charge >= 0.3 is 0 Å². The van der Waals surface area contributed by atoms with Crippen LogP contribution in [0.1, 0.15) is 5.56 Å². The van der Waals surface area contributed by atoms with E-state index in [1.54, 1.807) is 6.08 Å². The molecule has 2 aromatic rings. The summed E-state index contributed by atoms with van der Waals surface area (Å²) in [7, 11) is 3.98. The Morgan fingerprint density at radius 3 is 2.61 bits per heavy atom. The highest BCUT2D eigenvalue weighted by Crippen LogP contribution is 2.23. The topological polar surface area (TPSA) is 76.4 Å². The Morgan fingerprint density at radius 1 is 1.26 bits per heavy atom. The van der Waals surface area contributed by atoms with Crippen LogP contribution in [0.15, 0.2) is 42.0 Å². The maximum Gasteiger partial charge on any atom is 0.262 e. The zero-order valence-corrected chi connectivity index (χ0v) is 13.2. The van der Waals surface area contributed by atoms with Crippen LogP contribution < -0.4 is 10.2 Å². The molecule has 23 heavy (non-hydrogen) atoms. The van der Waals surface area contributed by atoms with Crippen LogP contribution in [0.25, 0.3) is 16.8 Å².